The van der Waals surface area contributed by atoms with Gasteiger partial charge in [0, 0.05) is 44.1 Å². The minimum absolute atomic E-state index is 0.142. The van der Waals surface area contributed by atoms with Crippen molar-refractivity contribution < 1.29 is 4.79 Å². The minimum atomic E-state index is 0.142. The van der Waals surface area contributed by atoms with Crippen LogP contribution in [0, 0.1) is 0 Å². The van der Waals surface area contributed by atoms with Crippen molar-refractivity contribution in [3.8, 4) is 0 Å². The van der Waals surface area contributed by atoms with Gasteiger partial charge in [0.15, 0.2) is 5.13 Å². The Balaban J connectivity index is 1.34. The number of fused-ring (bicyclic) bond motifs is 1. The fourth-order valence-electron chi connectivity index (χ4n) is 3.40. The Morgan fingerprint density at radius 2 is 1.89 bits per heavy atom. The number of amides is 1. The van der Waals surface area contributed by atoms with Crippen molar-refractivity contribution in [2.75, 3.05) is 44.2 Å². The number of benzene rings is 1. The van der Waals surface area contributed by atoms with E-state index in [0.29, 0.717) is 13.1 Å². The Labute approximate surface area is 167 Å². The zero-order valence-electron chi connectivity index (χ0n) is 15.5. The van der Waals surface area contributed by atoms with Crippen LogP contribution in [0.15, 0.2) is 41.8 Å². The van der Waals surface area contributed by atoms with E-state index in [4.69, 9.17) is 0 Å². The maximum atomic E-state index is 12.9. The predicted molar refractivity (Wildman–Crippen MR) is 114 cm³/mol. The van der Waals surface area contributed by atoms with Crippen molar-refractivity contribution >= 4 is 43.9 Å². The van der Waals surface area contributed by atoms with Crippen LogP contribution in [0.2, 0.25) is 0 Å². The molecule has 5 nitrogen and oxygen atoms in total. The third kappa shape index (κ3) is 4.38. The van der Waals surface area contributed by atoms with Crippen LogP contribution in [-0.4, -0.2) is 60.0 Å². The summed E-state index contributed by atoms with van der Waals surface area (Å²) in [5, 5.41) is 2.94. The number of piperazine rings is 1. The predicted octanol–water partition coefficient (Wildman–Crippen LogP) is 3.53. The molecule has 27 heavy (non-hydrogen) atoms. The number of aromatic nitrogens is 1. The molecule has 1 aliphatic rings. The number of thiophene rings is 1. The Morgan fingerprint density at radius 3 is 2.59 bits per heavy atom. The molecule has 142 valence electrons. The van der Waals surface area contributed by atoms with E-state index in [-0.39, 0.29) is 5.91 Å². The molecule has 3 heterocycles. The number of anilines is 1. The molecular weight excluding hydrogens is 376 g/mol. The molecule has 0 atom stereocenters. The van der Waals surface area contributed by atoms with Gasteiger partial charge in [-0.15, -0.1) is 11.3 Å². The van der Waals surface area contributed by atoms with E-state index in [1.165, 1.54) is 4.88 Å². The average Bonchev–Trinajstić information content (AvgIpc) is 3.33. The third-order valence-electron chi connectivity index (χ3n) is 4.91. The van der Waals surface area contributed by atoms with E-state index >= 15 is 0 Å². The topological polar surface area (TPSA) is 39.7 Å². The molecule has 3 aromatic rings. The molecule has 0 bridgehead atoms. The van der Waals surface area contributed by atoms with Crippen LogP contribution in [0.3, 0.4) is 0 Å². The van der Waals surface area contributed by atoms with Gasteiger partial charge in [-0.3, -0.25) is 19.5 Å². The summed E-state index contributed by atoms with van der Waals surface area (Å²) in [6, 6.07) is 12.4. The van der Waals surface area contributed by atoms with Crippen LogP contribution in [0.25, 0.3) is 10.2 Å². The summed E-state index contributed by atoms with van der Waals surface area (Å²) in [5.41, 5.74) is 0.964. The Hall–Kier alpha value is -1.80. The van der Waals surface area contributed by atoms with Crippen molar-refractivity contribution in [1.29, 1.82) is 0 Å². The number of likely N-dealkylation sites (N-methyl/N-ethyl adjacent to an activating group) is 1. The van der Waals surface area contributed by atoms with Gasteiger partial charge < -0.3 is 0 Å². The van der Waals surface area contributed by atoms with Crippen LogP contribution < -0.4 is 4.90 Å². The number of thiazole rings is 1. The molecule has 1 fully saturated rings. The van der Waals surface area contributed by atoms with Gasteiger partial charge in [0.2, 0.25) is 5.91 Å². The smallest absolute Gasteiger partial charge is 0.242 e. The van der Waals surface area contributed by atoms with E-state index in [9.17, 15) is 4.79 Å². The van der Waals surface area contributed by atoms with E-state index in [1.54, 1.807) is 11.3 Å². The lowest BCUT2D eigenvalue weighted by atomic mass is 10.3. The van der Waals surface area contributed by atoms with Crippen molar-refractivity contribution in [1.82, 2.24) is 14.8 Å². The van der Waals surface area contributed by atoms with Crippen LogP contribution in [0.1, 0.15) is 11.8 Å². The molecule has 0 aliphatic carbocycles. The summed E-state index contributed by atoms with van der Waals surface area (Å²) >= 11 is 3.40. The SMILES string of the molecule is CCN(C(=O)CN1CCN(Cc2cccs2)CC1)c1nc2ccccc2s1. The summed E-state index contributed by atoms with van der Waals surface area (Å²) < 4.78 is 1.13. The lowest BCUT2D eigenvalue weighted by molar-refractivity contribution is -0.120. The lowest BCUT2D eigenvalue weighted by Crippen LogP contribution is -2.49. The molecule has 0 N–H and O–H groups in total. The van der Waals surface area contributed by atoms with Gasteiger partial charge >= 0.3 is 0 Å². The third-order valence-corrected chi connectivity index (χ3v) is 6.83. The number of hydrogen-bond acceptors (Lipinski definition) is 6. The Kier molecular flexibility index (Phi) is 5.83. The number of carbonyl (C=O) groups excluding carboxylic acids is 1. The summed E-state index contributed by atoms with van der Waals surface area (Å²) in [5.74, 6) is 0.142. The van der Waals surface area contributed by atoms with Gasteiger partial charge in [-0.25, -0.2) is 4.98 Å². The average molecular weight is 401 g/mol. The quantitative estimate of drug-likeness (QED) is 0.635. The van der Waals surface area contributed by atoms with Gasteiger partial charge in [0.1, 0.15) is 0 Å². The van der Waals surface area contributed by atoms with E-state index in [1.807, 2.05) is 41.4 Å². The molecule has 0 spiro atoms. The van der Waals surface area contributed by atoms with Crippen LogP contribution in [0.5, 0.6) is 0 Å². The number of para-hydroxylation sites is 1. The van der Waals surface area contributed by atoms with Gasteiger partial charge in [0.05, 0.1) is 16.8 Å². The van der Waals surface area contributed by atoms with E-state index in [0.717, 1.165) is 48.1 Å². The first kappa shape index (κ1) is 18.6. The fourth-order valence-corrected chi connectivity index (χ4v) is 5.19. The highest BCUT2D eigenvalue weighted by molar-refractivity contribution is 7.22. The van der Waals surface area contributed by atoms with Crippen molar-refractivity contribution in [3.63, 3.8) is 0 Å². The number of rotatable bonds is 6. The van der Waals surface area contributed by atoms with Gasteiger partial charge in [0.25, 0.3) is 0 Å². The summed E-state index contributed by atoms with van der Waals surface area (Å²) in [6.45, 7) is 8.06. The second-order valence-electron chi connectivity index (χ2n) is 6.73. The molecule has 4 rings (SSSR count). The molecule has 1 aromatic carbocycles. The molecule has 2 aromatic heterocycles. The normalized spacial score (nSPS) is 16.0. The van der Waals surface area contributed by atoms with E-state index < -0.39 is 0 Å². The van der Waals surface area contributed by atoms with Crippen molar-refractivity contribution in [3.05, 3.63) is 46.7 Å². The monoisotopic (exact) mass is 400 g/mol. The number of nitrogens with zero attached hydrogens (tertiary/aromatic N) is 4. The molecule has 1 saturated heterocycles. The Bertz CT molecular complexity index is 851. The highest BCUT2D eigenvalue weighted by Gasteiger charge is 2.23. The van der Waals surface area contributed by atoms with Crippen molar-refractivity contribution in [2.24, 2.45) is 0 Å². The first-order chi connectivity index (χ1) is 13.2. The van der Waals surface area contributed by atoms with Gasteiger partial charge in [-0.05, 0) is 30.5 Å². The zero-order valence-corrected chi connectivity index (χ0v) is 17.1. The standard InChI is InChI=1S/C20H24N4OS2/c1-2-24(20-21-17-7-3-4-8-18(17)27-20)19(25)15-23-11-9-22(10-12-23)14-16-6-5-13-26-16/h3-8,13H,2,9-12,14-15H2,1H3. The summed E-state index contributed by atoms with van der Waals surface area (Å²) in [6.07, 6.45) is 0. The maximum absolute atomic E-state index is 12.9. The van der Waals surface area contributed by atoms with E-state index in [2.05, 4.69) is 38.4 Å². The van der Waals surface area contributed by atoms with Crippen LogP contribution >= 0.6 is 22.7 Å². The first-order valence-corrected chi connectivity index (χ1v) is 11.1. The van der Waals surface area contributed by atoms with Crippen LogP contribution in [0.4, 0.5) is 5.13 Å². The highest BCUT2D eigenvalue weighted by atomic mass is 32.1. The second kappa shape index (κ2) is 8.48. The Morgan fingerprint density at radius 1 is 1.11 bits per heavy atom. The zero-order chi connectivity index (χ0) is 18.6. The lowest BCUT2D eigenvalue weighted by Gasteiger charge is -2.34. The molecule has 0 radical (unpaired) electrons. The second-order valence-corrected chi connectivity index (χ2v) is 8.78. The first-order valence-electron chi connectivity index (χ1n) is 9.36. The number of hydrogen-bond donors (Lipinski definition) is 0. The van der Waals surface area contributed by atoms with Crippen LogP contribution in [-0.2, 0) is 11.3 Å². The summed E-state index contributed by atoms with van der Waals surface area (Å²) in [4.78, 5) is 25.5. The fraction of sp³-hybridized carbons (Fsp3) is 0.400. The summed E-state index contributed by atoms with van der Waals surface area (Å²) in [7, 11) is 0. The van der Waals surface area contributed by atoms with Crippen molar-refractivity contribution in [2.45, 2.75) is 13.5 Å². The minimum Gasteiger partial charge on any atom is -0.296 e. The molecular formula is C20H24N4OS2. The molecule has 7 heteroatoms. The molecule has 0 unspecified atom stereocenters. The molecule has 1 amide bonds. The van der Waals surface area contributed by atoms with Gasteiger partial charge in [-0.1, -0.05) is 29.5 Å². The van der Waals surface area contributed by atoms with Gasteiger partial charge in [-0.2, -0.15) is 0 Å². The largest absolute Gasteiger partial charge is 0.296 e. The highest BCUT2D eigenvalue weighted by Crippen LogP contribution is 2.28. The molecule has 1 aliphatic heterocycles. The molecule has 0 saturated carbocycles. The number of carbonyl (C=O) groups is 1. The maximum Gasteiger partial charge on any atom is 0.242 e.